The van der Waals surface area contributed by atoms with Crippen LogP contribution in [0.2, 0.25) is 0 Å². The molecule has 3 amide bonds. The van der Waals surface area contributed by atoms with E-state index in [1.807, 2.05) is 0 Å². The summed E-state index contributed by atoms with van der Waals surface area (Å²) in [7, 11) is 0. The van der Waals surface area contributed by atoms with Gasteiger partial charge in [0.2, 0.25) is 0 Å². The summed E-state index contributed by atoms with van der Waals surface area (Å²) in [6.45, 7) is 10.7. The van der Waals surface area contributed by atoms with E-state index in [2.05, 4.69) is 21.0 Å². The minimum absolute atomic E-state index is 0.0281. The summed E-state index contributed by atoms with van der Waals surface area (Å²) in [5.74, 6) is -1.55. The van der Waals surface area contributed by atoms with Gasteiger partial charge in [0, 0.05) is 18.3 Å². The van der Waals surface area contributed by atoms with Crippen LogP contribution >= 0.6 is 0 Å². The summed E-state index contributed by atoms with van der Waals surface area (Å²) >= 11 is 0. The molecule has 11 nitrogen and oxygen atoms in total. The van der Waals surface area contributed by atoms with Crippen molar-refractivity contribution < 1.29 is 46.2 Å². The largest absolute Gasteiger partial charge is 0.444 e. The lowest BCUT2D eigenvalue weighted by Crippen LogP contribution is -2.32. The maximum atomic E-state index is 15.3. The minimum Gasteiger partial charge on any atom is -0.444 e. The van der Waals surface area contributed by atoms with Gasteiger partial charge >= 0.3 is 18.4 Å². The van der Waals surface area contributed by atoms with Crippen molar-refractivity contribution in [2.75, 3.05) is 17.2 Å². The molecule has 1 aliphatic carbocycles. The van der Waals surface area contributed by atoms with Gasteiger partial charge < -0.3 is 24.8 Å². The number of benzene rings is 3. The second kappa shape index (κ2) is 15.9. The van der Waals surface area contributed by atoms with Crippen LogP contribution in [-0.2, 0) is 26.9 Å². The maximum absolute atomic E-state index is 15.3. The van der Waals surface area contributed by atoms with E-state index in [4.69, 9.17) is 14.2 Å². The van der Waals surface area contributed by atoms with Crippen LogP contribution in [0.1, 0.15) is 93.4 Å². The van der Waals surface area contributed by atoms with Crippen LogP contribution in [0.3, 0.4) is 0 Å². The number of ether oxygens (including phenoxy) is 3. The molecule has 1 heterocycles. The van der Waals surface area contributed by atoms with Gasteiger partial charge in [0.1, 0.15) is 28.8 Å². The highest BCUT2D eigenvalue weighted by Crippen LogP contribution is 2.36. The first kappa shape index (κ1) is 39.8. The average molecular weight is 754 g/mol. The van der Waals surface area contributed by atoms with Crippen LogP contribution in [0, 0.1) is 11.7 Å². The Kier molecular flexibility index (Phi) is 11.7. The molecule has 1 fully saturated rings. The third-order valence-electron chi connectivity index (χ3n) is 7.79. The molecule has 3 aromatic carbocycles. The monoisotopic (exact) mass is 753 g/mol. The van der Waals surface area contributed by atoms with Crippen LogP contribution in [-0.4, -0.2) is 45.7 Å². The number of carbonyl (C=O) groups excluding carboxylic acids is 3. The molecule has 1 saturated carbocycles. The van der Waals surface area contributed by atoms with Gasteiger partial charge in [0.05, 0.1) is 18.0 Å². The number of halogens is 4. The normalized spacial score (nSPS) is 13.9. The number of hydrogen-bond acceptors (Lipinski definition) is 7. The van der Waals surface area contributed by atoms with Crippen LogP contribution < -0.4 is 16.0 Å². The number of rotatable bonds is 11. The number of hydrogen-bond donors (Lipinski definition) is 3. The van der Waals surface area contributed by atoms with Gasteiger partial charge in [0.25, 0.3) is 5.91 Å². The zero-order chi connectivity index (χ0) is 39.4. The molecule has 1 aromatic heterocycles. The van der Waals surface area contributed by atoms with E-state index in [1.165, 1.54) is 30.3 Å². The highest BCUT2D eigenvalue weighted by Gasteiger charge is 2.36. The number of nitrogens with zero attached hydrogens (tertiary/aromatic N) is 2. The summed E-state index contributed by atoms with van der Waals surface area (Å²) in [4.78, 5) is 38.3. The van der Waals surface area contributed by atoms with E-state index < -0.39 is 58.8 Å². The van der Waals surface area contributed by atoms with Crippen LogP contribution in [0.5, 0.6) is 0 Å². The second-order valence-corrected chi connectivity index (χ2v) is 15.0. The van der Waals surface area contributed by atoms with Gasteiger partial charge in [-0.15, -0.1) is 0 Å². The predicted molar refractivity (Wildman–Crippen MR) is 193 cm³/mol. The lowest BCUT2D eigenvalue weighted by Gasteiger charge is -2.22. The highest BCUT2D eigenvalue weighted by atomic mass is 19.4. The Morgan fingerprint density at radius 3 is 2.17 bits per heavy atom. The quantitative estimate of drug-likeness (QED) is 0.130. The molecular formula is C39H43F4N5O6. The fraction of sp³-hybridized carbons (Fsp3) is 0.385. The number of anilines is 2. The summed E-state index contributed by atoms with van der Waals surface area (Å²) < 4.78 is 74.8. The van der Waals surface area contributed by atoms with Crippen molar-refractivity contribution in [2.45, 2.75) is 84.4 Å². The Hall–Kier alpha value is -5.44. The molecule has 3 N–H and O–H groups in total. The number of aromatic nitrogens is 2. The first-order valence-electron chi connectivity index (χ1n) is 17.3. The molecule has 1 aliphatic rings. The number of nitrogens with one attached hydrogen (secondary N) is 3. The fourth-order valence-corrected chi connectivity index (χ4v) is 5.26. The summed E-state index contributed by atoms with van der Waals surface area (Å²) in [6.07, 6.45) is -5.02. The standard InChI is InChI=1S/C39H43F4N5O6/c1-37(2,3)53-35(50)44-21-24-9-7-12-28(17-24)48-31(20-32(47-48)39(41,42)43)34(49)46-30-19-26(15-16-29(30)40)33(52-22-23-13-14-23)25-10-8-11-27(18-25)45-36(51)54-38(4,5)6/h7-12,15-20,23,33H,13-14,21-22H2,1-6H3,(H,44,50)(H,45,51)(H,46,49). The Bertz CT molecular complexity index is 2000. The second-order valence-electron chi connectivity index (χ2n) is 15.0. The van der Waals surface area contributed by atoms with Crippen LogP contribution in [0.15, 0.2) is 72.8 Å². The first-order chi connectivity index (χ1) is 25.2. The Morgan fingerprint density at radius 1 is 0.833 bits per heavy atom. The Morgan fingerprint density at radius 2 is 1.50 bits per heavy atom. The Labute approximate surface area is 310 Å². The van der Waals surface area contributed by atoms with E-state index in [1.54, 1.807) is 71.9 Å². The number of alkyl halides is 3. The molecule has 4 aromatic rings. The van der Waals surface area contributed by atoms with Crippen molar-refractivity contribution in [2.24, 2.45) is 5.92 Å². The summed E-state index contributed by atoms with van der Waals surface area (Å²) in [5, 5.41) is 11.4. The van der Waals surface area contributed by atoms with E-state index in [0.717, 1.165) is 23.6 Å². The number of amides is 3. The average Bonchev–Trinajstić information content (AvgIpc) is 3.77. The number of alkyl carbamates (subject to hydrolysis) is 1. The summed E-state index contributed by atoms with van der Waals surface area (Å²) in [6, 6.07) is 17.4. The van der Waals surface area contributed by atoms with Crippen LogP contribution in [0.25, 0.3) is 5.69 Å². The van der Waals surface area contributed by atoms with Crippen molar-refractivity contribution >= 4 is 29.5 Å². The smallest absolute Gasteiger partial charge is 0.435 e. The van der Waals surface area contributed by atoms with Gasteiger partial charge in [-0.1, -0.05) is 30.3 Å². The molecule has 54 heavy (non-hydrogen) atoms. The lowest BCUT2D eigenvalue weighted by molar-refractivity contribution is -0.141. The third kappa shape index (κ3) is 11.3. The lowest BCUT2D eigenvalue weighted by atomic mass is 10.00. The van der Waals surface area contributed by atoms with Gasteiger partial charge in [-0.3, -0.25) is 10.1 Å². The van der Waals surface area contributed by atoms with Gasteiger partial charge in [-0.05, 0) is 113 Å². The minimum atomic E-state index is -4.90. The van der Waals surface area contributed by atoms with Crippen molar-refractivity contribution in [1.29, 1.82) is 0 Å². The molecule has 0 spiro atoms. The first-order valence-corrected chi connectivity index (χ1v) is 17.3. The molecule has 0 saturated heterocycles. The zero-order valence-electron chi connectivity index (χ0n) is 30.8. The van der Waals surface area contributed by atoms with E-state index in [0.29, 0.717) is 41.0 Å². The van der Waals surface area contributed by atoms with Crippen LogP contribution in [0.4, 0.5) is 38.5 Å². The van der Waals surface area contributed by atoms with Crippen molar-refractivity contribution in [3.8, 4) is 5.69 Å². The van der Waals surface area contributed by atoms with E-state index >= 15 is 4.39 Å². The molecule has 0 bridgehead atoms. The summed E-state index contributed by atoms with van der Waals surface area (Å²) in [5.41, 5.74) is -1.58. The van der Waals surface area contributed by atoms with Gasteiger partial charge in [-0.2, -0.15) is 18.3 Å². The molecule has 1 unspecified atom stereocenters. The Balaban J connectivity index is 1.42. The molecule has 0 aliphatic heterocycles. The molecule has 1 atom stereocenters. The fourth-order valence-electron chi connectivity index (χ4n) is 5.26. The van der Waals surface area contributed by atoms with Gasteiger partial charge in [-0.25, -0.2) is 18.7 Å². The maximum Gasteiger partial charge on any atom is 0.435 e. The third-order valence-corrected chi connectivity index (χ3v) is 7.79. The molecule has 0 radical (unpaired) electrons. The molecular weight excluding hydrogens is 710 g/mol. The SMILES string of the molecule is CC(C)(C)OC(=O)NCc1cccc(-n2nc(C(F)(F)F)cc2C(=O)Nc2cc(C(OCC3CC3)c3cccc(NC(=O)OC(C)(C)C)c3)ccc2F)c1. The van der Waals surface area contributed by atoms with E-state index in [-0.39, 0.29) is 17.9 Å². The van der Waals surface area contributed by atoms with E-state index in [9.17, 15) is 27.6 Å². The topological polar surface area (TPSA) is 133 Å². The van der Waals surface area contributed by atoms with Crippen molar-refractivity contribution in [3.63, 3.8) is 0 Å². The van der Waals surface area contributed by atoms with Crippen molar-refractivity contribution in [3.05, 3.63) is 107 Å². The molecule has 5 rings (SSSR count). The zero-order valence-corrected chi connectivity index (χ0v) is 30.8. The van der Waals surface area contributed by atoms with Gasteiger partial charge in [0.15, 0.2) is 5.69 Å². The molecule has 15 heteroatoms. The van der Waals surface area contributed by atoms with Crippen molar-refractivity contribution in [1.82, 2.24) is 15.1 Å². The predicted octanol–water partition coefficient (Wildman–Crippen LogP) is 9.17. The number of carbonyl (C=O) groups is 3. The highest BCUT2D eigenvalue weighted by molar-refractivity contribution is 6.03. The molecule has 288 valence electrons.